The molecule has 96 valence electrons. The first-order valence-corrected chi connectivity index (χ1v) is 6.23. The fraction of sp³-hybridized carbons (Fsp3) is 0.538. The Morgan fingerprint density at radius 2 is 2.00 bits per heavy atom. The third-order valence-electron chi connectivity index (χ3n) is 3.36. The number of hydrogen-bond acceptors (Lipinski definition) is 2. The van der Waals surface area contributed by atoms with Crippen LogP contribution in [0.5, 0.6) is 0 Å². The predicted molar refractivity (Wildman–Crippen MR) is 70.2 cm³/mol. The summed E-state index contributed by atoms with van der Waals surface area (Å²) >= 11 is 5.72. The topological polar surface area (TPSA) is 38.0 Å². The molecule has 1 aromatic rings. The normalized spacial score (nSPS) is 15.0. The number of nitrogens with two attached hydrogens (primary N) is 1. The molecule has 0 aromatic heterocycles. The number of benzene rings is 1. The van der Waals surface area contributed by atoms with Crippen LogP contribution in [0, 0.1) is 17.7 Å². The van der Waals surface area contributed by atoms with Crippen LogP contribution in [0.3, 0.4) is 0 Å². The van der Waals surface area contributed by atoms with Crippen molar-refractivity contribution in [3.05, 3.63) is 34.6 Å². The molecule has 2 atom stereocenters. The molecule has 0 heterocycles. The lowest BCUT2D eigenvalue weighted by Crippen LogP contribution is -2.43. The lowest BCUT2D eigenvalue weighted by molar-refractivity contribution is 0.297. The van der Waals surface area contributed by atoms with Crippen LogP contribution < -0.4 is 11.3 Å². The van der Waals surface area contributed by atoms with Crippen LogP contribution >= 0.6 is 11.6 Å². The molecular formula is C13H20ClFN2. The smallest absolute Gasteiger partial charge is 0.127 e. The van der Waals surface area contributed by atoms with E-state index in [1.807, 2.05) is 0 Å². The maximum atomic E-state index is 13.7. The summed E-state index contributed by atoms with van der Waals surface area (Å²) in [7, 11) is 0. The van der Waals surface area contributed by atoms with E-state index < -0.39 is 0 Å². The molecule has 0 saturated heterocycles. The van der Waals surface area contributed by atoms with Crippen LogP contribution in [0.15, 0.2) is 18.2 Å². The fourth-order valence-electron chi connectivity index (χ4n) is 1.79. The Morgan fingerprint density at radius 1 is 1.35 bits per heavy atom. The maximum Gasteiger partial charge on any atom is 0.127 e. The first-order valence-electron chi connectivity index (χ1n) is 5.85. The highest BCUT2D eigenvalue weighted by Gasteiger charge is 2.20. The lowest BCUT2D eigenvalue weighted by atomic mass is 9.87. The summed E-state index contributed by atoms with van der Waals surface area (Å²) in [4.78, 5) is 0. The minimum Gasteiger partial charge on any atom is -0.271 e. The van der Waals surface area contributed by atoms with Crippen molar-refractivity contribution in [1.82, 2.24) is 5.43 Å². The van der Waals surface area contributed by atoms with Gasteiger partial charge in [0, 0.05) is 11.1 Å². The first-order chi connectivity index (χ1) is 7.95. The van der Waals surface area contributed by atoms with E-state index in [1.54, 1.807) is 12.1 Å². The second-order valence-electron chi connectivity index (χ2n) is 4.82. The zero-order valence-corrected chi connectivity index (χ0v) is 11.3. The minimum atomic E-state index is -0.270. The molecule has 2 nitrogen and oxygen atoms in total. The van der Waals surface area contributed by atoms with E-state index in [0.717, 1.165) is 0 Å². The highest BCUT2D eigenvalue weighted by molar-refractivity contribution is 6.30. The van der Waals surface area contributed by atoms with E-state index in [-0.39, 0.29) is 11.9 Å². The number of hydrazine groups is 1. The van der Waals surface area contributed by atoms with Crippen molar-refractivity contribution in [2.75, 3.05) is 0 Å². The van der Waals surface area contributed by atoms with E-state index in [4.69, 9.17) is 17.4 Å². The minimum absolute atomic E-state index is 0.0608. The zero-order valence-electron chi connectivity index (χ0n) is 10.5. The molecule has 3 N–H and O–H groups in total. The molecule has 0 aliphatic heterocycles. The quantitative estimate of drug-likeness (QED) is 0.629. The van der Waals surface area contributed by atoms with E-state index in [0.29, 0.717) is 28.8 Å². The summed E-state index contributed by atoms with van der Waals surface area (Å²) in [5, 5.41) is 0.417. The Labute approximate surface area is 107 Å². The van der Waals surface area contributed by atoms with Gasteiger partial charge in [-0.25, -0.2) is 4.39 Å². The number of hydrogen-bond donors (Lipinski definition) is 2. The standard InChI is InChI=1S/C13H20ClFN2/c1-8(2)9(3)13(17-16)6-10-4-5-11(14)7-12(10)15/h4-5,7-9,13,17H,6,16H2,1-3H3. The van der Waals surface area contributed by atoms with Gasteiger partial charge >= 0.3 is 0 Å². The molecule has 1 aromatic carbocycles. The average Bonchev–Trinajstić information content (AvgIpc) is 2.27. The number of nitrogens with one attached hydrogen (secondary N) is 1. The van der Waals surface area contributed by atoms with Gasteiger partial charge in [-0.3, -0.25) is 11.3 Å². The number of rotatable bonds is 5. The van der Waals surface area contributed by atoms with E-state index in [2.05, 4.69) is 26.2 Å². The molecule has 17 heavy (non-hydrogen) atoms. The van der Waals surface area contributed by atoms with Crippen LogP contribution in [-0.2, 0) is 6.42 Å². The molecule has 0 aliphatic carbocycles. The Bertz CT molecular complexity index is 368. The van der Waals surface area contributed by atoms with Crippen LogP contribution in [0.25, 0.3) is 0 Å². The van der Waals surface area contributed by atoms with Crippen molar-refractivity contribution in [1.29, 1.82) is 0 Å². The third kappa shape index (κ3) is 3.95. The van der Waals surface area contributed by atoms with Gasteiger partial charge < -0.3 is 0 Å². The largest absolute Gasteiger partial charge is 0.271 e. The van der Waals surface area contributed by atoms with Crippen LogP contribution in [0.1, 0.15) is 26.3 Å². The van der Waals surface area contributed by atoms with Gasteiger partial charge in [0.1, 0.15) is 5.82 Å². The molecule has 0 amide bonds. The van der Waals surface area contributed by atoms with Crippen molar-refractivity contribution in [3.8, 4) is 0 Å². The van der Waals surface area contributed by atoms with E-state index in [9.17, 15) is 4.39 Å². The van der Waals surface area contributed by atoms with Crippen molar-refractivity contribution in [3.63, 3.8) is 0 Å². The highest BCUT2D eigenvalue weighted by Crippen LogP contribution is 2.21. The lowest BCUT2D eigenvalue weighted by Gasteiger charge is -2.26. The summed E-state index contributed by atoms with van der Waals surface area (Å²) in [6, 6.07) is 4.82. The van der Waals surface area contributed by atoms with Gasteiger partial charge in [-0.1, -0.05) is 38.4 Å². The van der Waals surface area contributed by atoms with Crippen LogP contribution in [0.2, 0.25) is 5.02 Å². The van der Waals surface area contributed by atoms with Gasteiger partial charge in [0.25, 0.3) is 0 Å². The molecule has 0 aliphatic rings. The molecule has 0 spiro atoms. The van der Waals surface area contributed by atoms with Gasteiger partial charge in [0.05, 0.1) is 0 Å². The second-order valence-corrected chi connectivity index (χ2v) is 5.25. The zero-order chi connectivity index (χ0) is 13.0. The van der Waals surface area contributed by atoms with Crippen molar-refractivity contribution in [2.45, 2.75) is 33.2 Å². The summed E-state index contributed by atoms with van der Waals surface area (Å²) in [5.41, 5.74) is 3.42. The van der Waals surface area contributed by atoms with Gasteiger partial charge in [-0.15, -0.1) is 0 Å². The molecule has 2 unspecified atom stereocenters. The van der Waals surface area contributed by atoms with Crippen LogP contribution in [0.4, 0.5) is 4.39 Å². The maximum absolute atomic E-state index is 13.7. The van der Waals surface area contributed by atoms with Gasteiger partial charge in [0.2, 0.25) is 0 Å². The summed E-state index contributed by atoms with van der Waals surface area (Å²) < 4.78 is 13.7. The van der Waals surface area contributed by atoms with Gasteiger partial charge in [-0.05, 0) is 36.0 Å². The SMILES string of the molecule is CC(C)C(C)C(Cc1ccc(Cl)cc1F)NN. The molecule has 1 rings (SSSR count). The Hall–Kier alpha value is -0.640. The fourth-order valence-corrected chi connectivity index (χ4v) is 1.94. The molecular weight excluding hydrogens is 239 g/mol. The van der Waals surface area contributed by atoms with E-state index >= 15 is 0 Å². The van der Waals surface area contributed by atoms with Gasteiger partial charge in [0.15, 0.2) is 0 Å². The van der Waals surface area contributed by atoms with Gasteiger partial charge in [-0.2, -0.15) is 0 Å². The monoisotopic (exact) mass is 258 g/mol. The Morgan fingerprint density at radius 3 is 2.47 bits per heavy atom. The van der Waals surface area contributed by atoms with Crippen molar-refractivity contribution in [2.24, 2.45) is 17.7 Å². The van der Waals surface area contributed by atoms with Crippen LogP contribution in [-0.4, -0.2) is 6.04 Å². The van der Waals surface area contributed by atoms with Crippen molar-refractivity contribution >= 4 is 11.6 Å². The van der Waals surface area contributed by atoms with Crippen molar-refractivity contribution < 1.29 is 4.39 Å². The molecule has 0 bridgehead atoms. The Kier molecular flexibility index (Phi) is 5.37. The third-order valence-corrected chi connectivity index (χ3v) is 3.59. The molecule has 0 radical (unpaired) electrons. The molecule has 0 saturated carbocycles. The summed E-state index contributed by atoms with van der Waals surface area (Å²) in [6.45, 7) is 6.38. The predicted octanol–water partition coefficient (Wildman–Crippen LogP) is 3.15. The summed E-state index contributed by atoms with van der Waals surface area (Å²) in [6.07, 6.45) is 0.568. The Balaban J connectivity index is 2.80. The first kappa shape index (κ1) is 14.4. The average molecular weight is 259 g/mol. The second kappa shape index (κ2) is 6.34. The molecule has 0 fully saturated rings. The summed E-state index contributed by atoms with van der Waals surface area (Å²) in [5.74, 6) is 6.13. The number of halogens is 2. The van der Waals surface area contributed by atoms with E-state index in [1.165, 1.54) is 6.07 Å². The molecule has 4 heteroatoms. The highest BCUT2D eigenvalue weighted by atomic mass is 35.5.